The Hall–Kier alpha value is -2.82. The molecule has 120 valence electrons. The third kappa shape index (κ3) is 4.10. The van der Waals surface area contributed by atoms with E-state index in [4.69, 9.17) is 10.9 Å². The van der Waals surface area contributed by atoms with Crippen LogP contribution >= 0.6 is 0 Å². The zero-order valence-corrected chi connectivity index (χ0v) is 13.6. The first-order valence-corrected chi connectivity index (χ1v) is 7.36. The van der Waals surface area contributed by atoms with Crippen LogP contribution in [-0.2, 0) is 5.41 Å². The molecular formula is C18H22N3O2+. The fourth-order valence-corrected chi connectivity index (χ4v) is 2.12. The van der Waals surface area contributed by atoms with Gasteiger partial charge < -0.3 is 10.5 Å². The number of rotatable bonds is 3. The Morgan fingerprint density at radius 3 is 2.00 bits per heavy atom. The minimum atomic E-state index is -0.171. The molecule has 0 aliphatic rings. The molecule has 2 aromatic carbocycles. The van der Waals surface area contributed by atoms with Gasteiger partial charge in [0.05, 0.1) is 5.56 Å². The summed E-state index contributed by atoms with van der Waals surface area (Å²) in [6, 6.07) is 14.5. The van der Waals surface area contributed by atoms with Gasteiger partial charge in [-0.3, -0.25) is 10.5 Å². The van der Waals surface area contributed by atoms with Crippen molar-refractivity contribution in [2.45, 2.75) is 26.2 Å². The molecule has 0 fully saturated rings. The highest BCUT2D eigenvalue weighted by atomic mass is 16.4. The maximum Gasteiger partial charge on any atom is 0.311 e. The molecule has 5 heteroatoms. The Labute approximate surface area is 135 Å². The topological polar surface area (TPSA) is 89.3 Å². The predicted octanol–water partition coefficient (Wildman–Crippen LogP) is 1.41. The van der Waals surface area contributed by atoms with Crippen molar-refractivity contribution >= 4 is 17.4 Å². The van der Waals surface area contributed by atoms with Gasteiger partial charge in [0.1, 0.15) is 0 Å². The second-order valence-corrected chi connectivity index (χ2v) is 6.38. The van der Waals surface area contributed by atoms with Crippen LogP contribution in [0.2, 0.25) is 0 Å². The smallest absolute Gasteiger partial charge is 0.311 e. The van der Waals surface area contributed by atoms with Crippen LogP contribution < -0.4 is 16.2 Å². The first kappa shape index (κ1) is 16.5. The van der Waals surface area contributed by atoms with E-state index >= 15 is 0 Å². The van der Waals surface area contributed by atoms with Gasteiger partial charge in [0, 0.05) is 11.3 Å². The first-order valence-electron chi connectivity index (χ1n) is 7.36. The molecule has 0 aliphatic heterocycles. The van der Waals surface area contributed by atoms with Gasteiger partial charge in [-0.25, -0.2) is 0 Å². The van der Waals surface area contributed by atoms with Crippen LogP contribution in [0.1, 0.15) is 42.3 Å². The molecule has 1 amide bonds. The van der Waals surface area contributed by atoms with Gasteiger partial charge in [0.15, 0.2) is 0 Å². The van der Waals surface area contributed by atoms with Crippen molar-refractivity contribution in [3.05, 3.63) is 65.2 Å². The highest BCUT2D eigenvalue weighted by molar-refractivity contribution is 6.04. The molecule has 5 N–H and O–H groups in total. The summed E-state index contributed by atoms with van der Waals surface area (Å²) in [6.07, 6.45) is 0. The highest BCUT2D eigenvalue weighted by Gasteiger charge is 2.14. The molecule has 0 heterocycles. The summed E-state index contributed by atoms with van der Waals surface area (Å²) in [6.45, 7) is 6.40. The summed E-state index contributed by atoms with van der Waals surface area (Å²) in [5.41, 5.74) is 8.69. The van der Waals surface area contributed by atoms with Crippen LogP contribution in [0.5, 0.6) is 0 Å². The summed E-state index contributed by atoms with van der Waals surface area (Å²) < 4.78 is 0. The number of anilines is 1. The monoisotopic (exact) mass is 312 g/mol. The van der Waals surface area contributed by atoms with Crippen molar-refractivity contribution in [3.63, 3.8) is 0 Å². The fraction of sp³-hybridized carbons (Fsp3) is 0.222. The fourth-order valence-electron chi connectivity index (χ4n) is 2.12. The molecule has 0 aliphatic carbocycles. The molecule has 23 heavy (non-hydrogen) atoms. The van der Waals surface area contributed by atoms with E-state index in [1.54, 1.807) is 24.3 Å². The van der Waals surface area contributed by atoms with E-state index in [1.165, 1.54) is 5.56 Å². The van der Waals surface area contributed by atoms with Crippen molar-refractivity contribution in [1.29, 1.82) is 0 Å². The molecule has 2 aromatic rings. The number of amidine groups is 1. The molecule has 0 unspecified atom stereocenters. The molecular weight excluding hydrogens is 290 g/mol. The molecule has 0 saturated heterocycles. The van der Waals surface area contributed by atoms with E-state index in [0.717, 1.165) is 0 Å². The normalized spacial score (nSPS) is 12.0. The lowest BCUT2D eigenvalue weighted by molar-refractivity contribution is -0.737. The molecule has 0 atom stereocenters. The molecule has 0 bridgehead atoms. The number of nitrogen functional groups attached to an aromatic ring is 1. The Bertz CT molecular complexity index is 711. The zero-order chi connectivity index (χ0) is 17.0. The third-order valence-corrected chi connectivity index (χ3v) is 3.59. The number of benzene rings is 2. The van der Waals surface area contributed by atoms with Crippen molar-refractivity contribution < 1.29 is 15.2 Å². The molecule has 0 saturated carbocycles. The van der Waals surface area contributed by atoms with Crippen LogP contribution in [0.25, 0.3) is 0 Å². The quantitative estimate of drug-likeness (QED) is 0.299. The Kier molecular flexibility index (Phi) is 4.69. The van der Waals surface area contributed by atoms with Crippen molar-refractivity contribution in [2.24, 2.45) is 5.73 Å². The lowest BCUT2D eigenvalue weighted by Gasteiger charge is -2.19. The van der Waals surface area contributed by atoms with Crippen LogP contribution in [-0.4, -0.2) is 17.0 Å². The predicted molar refractivity (Wildman–Crippen MR) is 90.6 cm³/mol. The van der Waals surface area contributed by atoms with Gasteiger partial charge in [-0.15, -0.1) is 0 Å². The molecule has 0 spiro atoms. The lowest BCUT2D eigenvalue weighted by atomic mass is 9.87. The Balaban J connectivity index is 2.10. The molecule has 0 aromatic heterocycles. The minimum absolute atomic E-state index is 0.0575. The number of nitrogens with two attached hydrogens (primary N) is 1. The van der Waals surface area contributed by atoms with Crippen LogP contribution in [0.4, 0.5) is 5.69 Å². The maximum atomic E-state index is 12.3. The van der Waals surface area contributed by atoms with Gasteiger partial charge >= 0.3 is 5.84 Å². The van der Waals surface area contributed by atoms with Gasteiger partial charge in [0.2, 0.25) is 0 Å². The number of hydrogen-bond acceptors (Lipinski definition) is 2. The van der Waals surface area contributed by atoms with Crippen LogP contribution in [0.15, 0.2) is 48.5 Å². The highest BCUT2D eigenvalue weighted by Crippen LogP contribution is 2.22. The molecule has 2 rings (SSSR count). The number of nitrogens with one attached hydrogen (secondary N) is 2. The van der Waals surface area contributed by atoms with E-state index in [9.17, 15) is 4.79 Å². The third-order valence-electron chi connectivity index (χ3n) is 3.59. The number of carbonyl (C=O) groups excluding carboxylic acids is 1. The van der Waals surface area contributed by atoms with Gasteiger partial charge in [-0.1, -0.05) is 38.1 Å². The number of hydrogen-bond donors (Lipinski definition) is 4. The van der Waals surface area contributed by atoms with E-state index in [-0.39, 0.29) is 17.2 Å². The van der Waals surface area contributed by atoms with E-state index in [1.807, 2.05) is 29.4 Å². The Morgan fingerprint density at radius 2 is 1.52 bits per heavy atom. The van der Waals surface area contributed by atoms with Crippen LogP contribution in [0, 0.1) is 0 Å². The lowest BCUT2D eigenvalue weighted by Crippen LogP contribution is -2.71. The minimum Gasteiger partial charge on any atom is -0.357 e. The van der Waals surface area contributed by atoms with Gasteiger partial charge in [0.25, 0.3) is 5.91 Å². The maximum absolute atomic E-state index is 12.3. The van der Waals surface area contributed by atoms with E-state index in [0.29, 0.717) is 16.8 Å². The van der Waals surface area contributed by atoms with E-state index in [2.05, 4.69) is 26.1 Å². The summed E-state index contributed by atoms with van der Waals surface area (Å²) in [4.78, 5) is 12.3. The second kappa shape index (κ2) is 6.52. The van der Waals surface area contributed by atoms with Crippen molar-refractivity contribution in [2.75, 3.05) is 5.32 Å². The molecule has 0 radical (unpaired) electrons. The summed E-state index contributed by atoms with van der Waals surface area (Å²) in [5, 5.41) is 13.5. The average molecular weight is 312 g/mol. The van der Waals surface area contributed by atoms with E-state index < -0.39 is 0 Å². The number of amides is 1. The Morgan fingerprint density at radius 1 is 1.00 bits per heavy atom. The SMILES string of the molecule is CC(C)(C)c1ccc(C(=O)Nc2ccc(C(N)=[NH+]O)cc2)cc1. The summed E-state index contributed by atoms with van der Waals surface area (Å²) in [7, 11) is 0. The largest absolute Gasteiger partial charge is 0.357 e. The summed E-state index contributed by atoms with van der Waals surface area (Å²) in [5.74, 6) is -0.0175. The van der Waals surface area contributed by atoms with Crippen molar-refractivity contribution in [1.82, 2.24) is 0 Å². The van der Waals surface area contributed by atoms with Crippen molar-refractivity contribution in [3.8, 4) is 0 Å². The average Bonchev–Trinajstić information content (AvgIpc) is 2.54. The number of carbonyl (C=O) groups is 1. The standard InChI is InChI=1S/C18H21N3O2/c1-18(2,3)14-8-4-13(5-9-14)17(22)20-15-10-6-12(7-11-15)16(19)21-23/h4-11,23H,1-3H3,(H2,19,21)(H,20,22)/p+1. The van der Waals surface area contributed by atoms with Gasteiger partial charge in [-0.2, -0.15) is 0 Å². The summed E-state index contributed by atoms with van der Waals surface area (Å²) >= 11 is 0. The first-order chi connectivity index (χ1) is 10.8. The zero-order valence-electron chi connectivity index (χ0n) is 13.6. The molecule has 5 nitrogen and oxygen atoms in total. The van der Waals surface area contributed by atoms with Crippen LogP contribution in [0.3, 0.4) is 0 Å². The van der Waals surface area contributed by atoms with Gasteiger partial charge in [-0.05, 0) is 47.4 Å². The second-order valence-electron chi connectivity index (χ2n) is 6.38.